The van der Waals surface area contributed by atoms with Gasteiger partial charge in [0, 0.05) is 10.8 Å². The van der Waals surface area contributed by atoms with Crippen LogP contribution in [0, 0.1) is 5.82 Å². The van der Waals surface area contributed by atoms with Gasteiger partial charge in [0.2, 0.25) is 5.78 Å². The van der Waals surface area contributed by atoms with Crippen molar-refractivity contribution in [2.75, 3.05) is 0 Å². The van der Waals surface area contributed by atoms with E-state index in [0.717, 1.165) is 44.1 Å². The Morgan fingerprint density at radius 1 is 0.680 bits per heavy atom. The van der Waals surface area contributed by atoms with Gasteiger partial charge in [-0.1, -0.05) is 30.3 Å². The van der Waals surface area contributed by atoms with Crippen LogP contribution in [0.1, 0.15) is 0 Å². The summed E-state index contributed by atoms with van der Waals surface area (Å²) in [6, 6.07) is 23.4. The molecule has 0 amide bonds. The molecule has 3 nitrogen and oxygen atoms in total. The van der Waals surface area contributed by atoms with Crippen molar-refractivity contribution in [3.05, 3.63) is 78.6 Å². The monoisotopic (exact) mass is 325 g/mol. The van der Waals surface area contributed by atoms with E-state index in [2.05, 4.69) is 33.1 Å². The number of para-hydroxylation sites is 3. The molecule has 25 heavy (non-hydrogen) atoms. The van der Waals surface area contributed by atoms with Gasteiger partial charge < -0.3 is 0 Å². The Kier molecular flexibility index (Phi) is 2.26. The van der Waals surface area contributed by atoms with E-state index in [4.69, 9.17) is 4.98 Å². The molecule has 0 aliphatic heterocycles. The summed E-state index contributed by atoms with van der Waals surface area (Å²) in [4.78, 5) is 4.85. The van der Waals surface area contributed by atoms with Crippen LogP contribution in [0.2, 0.25) is 0 Å². The van der Waals surface area contributed by atoms with Gasteiger partial charge >= 0.3 is 0 Å². The second-order valence-electron chi connectivity index (χ2n) is 6.32. The fourth-order valence-corrected chi connectivity index (χ4v) is 3.87. The molecule has 3 heterocycles. The maximum Gasteiger partial charge on any atom is 0.220 e. The maximum atomic E-state index is 13.9. The Morgan fingerprint density at radius 2 is 1.44 bits per heavy atom. The van der Waals surface area contributed by atoms with Crippen molar-refractivity contribution in [3.8, 4) is 0 Å². The van der Waals surface area contributed by atoms with Gasteiger partial charge in [0.1, 0.15) is 5.82 Å². The molecule has 0 bridgehead atoms. The third-order valence-corrected chi connectivity index (χ3v) is 4.93. The predicted molar refractivity (Wildman–Crippen MR) is 98.6 cm³/mol. The molecule has 6 aromatic rings. The van der Waals surface area contributed by atoms with Crippen molar-refractivity contribution in [3.63, 3.8) is 0 Å². The number of imidazole rings is 1. The number of benzene rings is 3. The Morgan fingerprint density at radius 3 is 2.36 bits per heavy atom. The fourth-order valence-electron chi connectivity index (χ4n) is 3.87. The molecule has 0 fully saturated rings. The summed E-state index contributed by atoms with van der Waals surface area (Å²) >= 11 is 0. The van der Waals surface area contributed by atoms with E-state index in [-0.39, 0.29) is 5.82 Å². The largest absolute Gasteiger partial charge is 0.279 e. The van der Waals surface area contributed by atoms with E-state index in [1.165, 1.54) is 6.07 Å². The van der Waals surface area contributed by atoms with Crippen molar-refractivity contribution in [2.24, 2.45) is 0 Å². The molecular weight excluding hydrogens is 313 g/mol. The zero-order chi connectivity index (χ0) is 16.5. The molecule has 0 saturated heterocycles. The lowest BCUT2D eigenvalue weighted by Gasteiger charge is -2.08. The first-order valence-electron chi connectivity index (χ1n) is 8.20. The van der Waals surface area contributed by atoms with Crippen molar-refractivity contribution in [1.29, 1.82) is 0 Å². The fraction of sp³-hybridized carbons (Fsp3) is 0. The van der Waals surface area contributed by atoms with E-state index < -0.39 is 0 Å². The zero-order valence-electron chi connectivity index (χ0n) is 13.1. The average Bonchev–Trinajstić information content (AvgIpc) is 3.20. The summed E-state index contributed by atoms with van der Waals surface area (Å²) in [5, 5.41) is 2.13. The molecule has 0 aliphatic rings. The van der Waals surface area contributed by atoms with Gasteiger partial charge in [-0.15, -0.1) is 0 Å². The van der Waals surface area contributed by atoms with Gasteiger partial charge in [-0.05, 0) is 42.5 Å². The number of aromatic nitrogens is 3. The van der Waals surface area contributed by atoms with Crippen LogP contribution in [0.3, 0.4) is 0 Å². The standard InChI is InChI=1S/C21H12FN3/c22-14-10-9-13-11-20-15-5-1-3-7-17(15)24-18-8-4-2-6-16(18)23-21(24)25(20)19(13)12-14/h1-12H. The first-order chi connectivity index (χ1) is 12.3. The van der Waals surface area contributed by atoms with Gasteiger partial charge in [0.25, 0.3) is 0 Å². The summed E-state index contributed by atoms with van der Waals surface area (Å²) in [6.45, 7) is 0. The van der Waals surface area contributed by atoms with E-state index in [0.29, 0.717) is 0 Å². The number of halogens is 1. The van der Waals surface area contributed by atoms with Crippen LogP contribution in [0.5, 0.6) is 0 Å². The second-order valence-corrected chi connectivity index (χ2v) is 6.32. The SMILES string of the molecule is Fc1ccc2cc3c4ccccc4n4c5ccccc5nc4n3c2c1. The first-order valence-corrected chi connectivity index (χ1v) is 8.20. The molecule has 6 rings (SSSR count). The molecule has 3 aromatic heterocycles. The smallest absolute Gasteiger partial charge is 0.220 e. The van der Waals surface area contributed by atoms with Crippen molar-refractivity contribution in [1.82, 2.24) is 13.8 Å². The van der Waals surface area contributed by atoms with Gasteiger partial charge in [0.15, 0.2) is 0 Å². The zero-order valence-corrected chi connectivity index (χ0v) is 13.1. The van der Waals surface area contributed by atoms with Crippen LogP contribution in [0.15, 0.2) is 72.8 Å². The van der Waals surface area contributed by atoms with Crippen LogP contribution in [0.25, 0.3) is 44.1 Å². The Hall–Kier alpha value is -3.40. The van der Waals surface area contributed by atoms with E-state index in [1.807, 2.05) is 36.4 Å². The lowest BCUT2D eigenvalue weighted by molar-refractivity contribution is 0.629. The van der Waals surface area contributed by atoms with Gasteiger partial charge in [-0.3, -0.25) is 8.80 Å². The first kappa shape index (κ1) is 13.0. The molecule has 0 saturated carbocycles. The molecule has 0 N–H and O–H groups in total. The normalized spacial score (nSPS) is 12.2. The molecular formula is C21H12FN3. The maximum absolute atomic E-state index is 13.9. The molecule has 3 aromatic carbocycles. The lowest BCUT2D eigenvalue weighted by atomic mass is 10.2. The van der Waals surface area contributed by atoms with Crippen LogP contribution >= 0.6 is 0 Å². The number of hydrogen-bond acceptors (Lipinski definition) is 1. The molecule has 0 atom stereocenters. The summed E-state index contributed by atoms with van der Waals surface area (Å²) in [7, 11) is 0. The van der Waals surface area contributed by atoms with Crippen molar-refractivity contribution >= 4 is 44.1 Å². The highest BCUT2D eigenvalue weighted by molar-refractivity contribution is 6.04. The predicted octanol–water partition coefficient (Wildman–Crippen LogP) is 5.19. The minimum Gasteiger partial charge on any atom is -0.279 e. The third-order valence-electron chi connectivity index (χ3n) is 4.93. The molecule has 0 spiro atoms. The van der Waals surface area contributed by atoms with Crippen molar-refractivity contribution in [2.45, 2.75) is 0 Å². The minimum atomic E-state index is -0.241. The topological polar surface area (TPSA) is 21.7 Å². The van der Waals surface area contributed by atoms with Crippen LogP contribution in [-0.4, -0.2) is 13.8 Å². The second kappa shape index (κ2) is 4.36. The molecule has 4 heteroatoms. The highest BCUT2D eigenvalue weighted by Gasteiger charge is 2.15. The summed E-state index contributed by atoms with van der Waals surface area (Å²) < 4.78 is 18.1. The number of rotatable bonds is 0. The average molecular weight is 325 g/mol. The minimum absolute atomic E-state index is 0.241. The molecule has 118 valence electrons. The highest BCUT2D eigenvalue weighted by atomic mass is 19.1. The van der Waals surface area contributed by atoms with Gasteiger partial charge in [-0.2, -0.15) is 0 Å². The molecule has 0 unspecified atom stereocenters. The van der Waals surface area contributed by atoms with E-state index >= 15 is 0 Å². The summed E-state index contributed by atoms with van der Waals surface area (Å²) in [5.41, 5.74) is 4.95. The summed E-state index contributed by atoms with van der Waals surface area (Å²) in [6.07, 6.45) is 0. The number of fused-ring (bicyclic) bond motifs is 10. The Bertz CT molecular complexity index is 1460. The highest BCUT2D eigenvalue weighted by Crippen LogP contribution is 2.31. The van der Waals surface area contributed by atoms with Crippen molar-refractivity contribution < 1.29 is 4.39 Å². The number of nitrogens with zero attached hydrogens (tertiary/aromatic N) is 3. The van der Waals surface area contributed by atoms with Gasteiger partial charge in [0.05, 0.1) is 27.6 Å². The molecule has 0 radical (unpaired) electrons. The van der Waals surface area contributed by atoms with Crippen LogP contribution in [-0.2, 0) is 0 Å². The van der Waals surface area contributed by atoms with Crippen LogP contribution in [0.4, 0.5) is 4.39 Å². The third kappa shape index (κ3) is 1.56. The Labute approximate surface area is 141 Å². The quantitative estimate of drug-likeness (QED) is 0.377. The number of hydrogen-bond donors (Lipinski definition) is 0. The van der Waals surface area contributed by atoms with E-state index in [9.17, 15) is 4.39 Å². The van der Waals surface area contributed by atoms with Gasteiger partial charge in [-0.25, -0.2) is 9.37 Å². The van der Waals surface area contributed by atoms with Crippen LogP contribution < -0.4 is 0 Å². The lowest BCUT2D eigenvalue weighted by Crippen LogP contribution is -1.97. The van der Waals surface area contributed by atoms with E-state index in [1.54, 1.807) is 6.07 Å². The summed E-state index contributed by atoms with van der Waals surface area (Å²) in [5.74, 6) is 0.561. The molecule has 0 aliphatic carbocycles. The Balaban J connectivity index is 2.06.